The van der Waals surface area contributed by atoms with Gasteiger partial charge in [-0.05, 0) is 37.8 Å². The second-order valence-electron chi connectivity index (χ2n) is 6.16. The number of amides is 1. The molecule has 0 bridgehead atoms. The van der Waals surface area contributed by atoms with Crippen molar-refractivity contribution in [3.63, 3.8) is 0 Å². The molecule has 0 spiro atoms. The summed E-state index contributed by atoms with van der Waals surface area (Å²) >= 11 is 0. The highest BCUT2D eigenvalue weighted by molar-refractivity contribution is 5.85. The lowest BCUT2D eigenvalue weighted by Crippen LogP contribution is -2.41. The summed E-state index contributed by atoms with van der Waals surface area (Å²) in [4.78, 5) is 12.7. The van der Waals surface area contributed by atoms with Crippen LogP contribution >= 0.6 is 0 Å². The molecule has 1 unspecified atom stereocenters. The summed E-state index contributed by atoms with van der Waals surface area (Å²) in [6, 6.07) is 10.3. The molecule has 0 heterocycles. The van der Waals surface area contributed by atoms with E-state index in [0.29, 0.717) is 12.8 Å². The number of benzene rings is 1. The summed E-state index contributed by atoms with van der Waals surface area (Å²) < 4.78 is 0. The van der Waals surface area contributed by atoms with Gasteiger partial charge in [-0.1, -0.05) is 49.9 Å². The molecule has 1 aromatic rings. The first-order chi connectivity index (χ1) is 10.1. The van der Waals surface area contributed by atoms with Gasteiger partial charge in [0.05, 0.1) is 12.1 Å². The number of carbonyl (C=O) groups is 1. The van der Waals surface area contributed by atoms with Gasteiger partial charge < -0.3 is 5.32 Å². The molecule has 2 rings (SSSR count). The van der Waals surface area contributed by atoms with Crippen LogP contribution in [0.5, 0.6) is 0 Å². The van der Waals surface area contributed by atoms with E-state index >= 15 is 0 Å². The molecule has 1 atom stereocenters. The third-order valence-electron chi connectivity index (χ3n) is 4.61. The topological polar surface area (TPSA) is 52.9 Å². The predicted molar refractivity (Wildman–Crippen MR) is 83.5 cm³/mol. The Morgan fingerprint density at radius 2 is 1.86 bits per heavy atom. The average Bonchev–Trinajstić information content (AvgIpc) is 2.74. The zero-order valence-electron chi connectivity index (χ0n) is 13.0. The Morgan fingerprint density at radius 3 is 2.43 bits per heavy atom. The Kier molecular flexibility index (Phi) is 5.01. The standard InChI is InChI=1S/C18H24N2O/c1-14-9-5-6-10-16(14)15(2)20-17(21)18(13-19)11-7-3-4-8-12-18/h5-6,9-10,15H,3-4,7-8,11-12H2,1-2H3,(H,20,21). The molecule has 3 nitrogen and oxygen atoms in total. The highest BCUT2D eigenvalue weighted by atomic mass is 16.2. The van der Waals surface area contributed by atoms with E-state index in [1.54, 1.807) is 0 Å². The Balaban J connectivity index is 2.12. The monoisotopic (exact) mass is 284 g/mol. The first-order valence-corrected chi connectivity index (χ1v) is 7.87. The van der Waals surface area contributed by atoms with Gasteiger partial charge in [-0.3, -0.25) is 4.79 Å². The SMILES string of the molecule is Cc1ccccc1C(C)NC(=O)C1(C#N)CCCCCC1. The number of nitrogens with zero attached hydrogens (tertiary/aromatic N) is 1. The molecular weight excluding hydrogens is 260 g/mol. The van der Waals surface area contributed by atoms with Gasteiger partial charge in [0.2, 0.25) is 5.91 Å². The fraction of sp³-hybridized carbons (Fsp3) is 0.556. The van der Waals surface area contributed by atoms with Crippen molar-refractivity contribution >= 4 is 5.91 Å². The summed E-state index contributed by atoms with van der Waals surface area (Å²) in [6.45, 7) is 4.03. The zero-order chi connectivity index (χ0) is 15.3. The highest BCUT2D eigenvalue weighted by Gasteiger charge is 2.39. The quantitative estimate of drug-likeness (QED) is 0.852. The molecule has 1 aromatic carbocycles. The van der Waals surface area contributed by atoms with Crippen molar-refractivity contribution < 1.29 is 4.79 Å². The Bertz CT molecular complexity index is 536. The van der Waals surface area contributed by atoms with Crippen LogP contribution in [0.1, 0.15) is 62.6 Å². The van der Waals surface area contributed by atoms with Crippen LogP contribution in [0.25, 0.3) is 0 Å². The largest absolute Gasteiger partial charge is 0.348 e. The normalized spacial score (nSPS) is 19.1. The number of hydrogen-bond acceptors (Lipinski definition) is 2. The molecule has 1 fully saturated rings. The molecule has 1 aliphatic carbocycles. The van der Waals surface area contributed by atoms with Crippen LogP contribution in [-0.2, 0) is 4.79 Å². The molecule has 1 saturated carbocycles. The second-order valence-corrected chi connectivity index (χ2v) is 6.16. The minimum atomic E-state index is -0.826. The molecule has 0 saturated heterocycles. The van der Waals surface area contributed by atoms with Gasteiger partial charge in [0, 0.05) is 0 Å². The molecular formula is C18H24N2O. The first kappa shape index (κ1) is 15.6. The number of nitrogens with one attached hydrogen (secondary N) is 1. The van der Waals surface area contributed by atoms with Gasteiger partial charge in [0.15, 0.2) is 0 Å². The maximum atomic E-state index is 12.7. The summed E-state index contributed by atoms with van der Waals surface area (Å²) in [5.74, 6) is -0.0948. The van der Waals surface area contributed by atoms with Crippen molar-refractivity contribution in [2.45, 2.75) is 58.4 Å². The van der Waals surface area contributed by atoms with Crippen molar-refractivity contribution in [1.29, 1.82) is 5.26 Å². The molecule has 1 aliphatic rings. The van der Waals surface area contributed by atoms with E-state index < -0.39 is 5.41 Å². The van der Waals surface area contributed by atoms with Crippen LogP contribution < -0.4 is 5.32 Å². The van der Waals surface area contributed by atoms with E-state index in [0.717, 1.165) is 36.8 Å². The van der Waals surface area contributed by atoms with Gasteiger partial charge in [0.25, 0.3) is 0 Å². The third kappa shape index (κ3) is 3.44. The molecule has 0 radical (unpaired) electrons. The summed E-state index contributed by atoms with van der Waals surface area (Å²) in [5.41, 5.74) is 1.46. The van der Waals surface area contributed by atoms with Crippen LogP contribution in [0.15, 0.2) is 24.3 Å². The highest BCUT2D eigenvalue weighted by Crippen LogP contribution is 2.35. The second kappa shape index (κ2) is 6.76. The van der Waals surface area contributed by atoms with Gasteiger partial charge >= 0.3 is 0 Å². The third-order valence-corrected chi connectivity index (χ3v) is 4.61. The van der Waals surface area contributed by atoms with Crippen LogP contribution in [0, 0.1) is 23.7 Å². The molecule has 1 amide bonds. The van der Waals surface area contributed by atoms with E-state index in [1.165, 1.54) is 0 Å². The number of hydrogen-bond donors (Lipinski definition) is 1. The van der Waals surface area contributed by atoms with E-state index in [9.17, 15) is 10.1 Å². The smallest absolute Gasteiger partial charge is 0.240 e. The van der Waals surface area contributed by atoms with Crippen molar-refractivity contribution in [1.82, 2.24) is 5.32 Å². The maximum absolute atomic E-state index is 12.7. The lowest BCUT2D eigenvalue weighted by atomic mass is 9.80. The lowest BCUT2D eigenvalue weighted by molar-refractivity contribution is -0.129. The minimum Gasteiger partial charge on any atom is -0.348 e. The molecule has 21 heavy (non-hydrogen) atoms. The number of aryl methyl sites for hydroxylation is 1. The van der Waals surface area contributed by atoms with Crippen molar-refractivity contribution in [3.05, 3.63) is 35.4 Å². The van der Waals surface area contributed by atoms with Crippen LogP contribution in [0.2, 0.25) is 0 Å². The molecule has 112 valence electrons. The Morgan fingerprint density at radius 1 is 1.24 bits per heavy atom. The zero-order valence-corrected chi connectivity index (χ0v) is 13.0. The fourth-order valence-electron chi connectivity index (χ4n) is 3.21. The molecule has 1 N–H and O–H groups in total. The molecule has 0 aliphatic heterocycles. The van der Waals surface area contributed by atoms with Crippen molar-refractivity contribution in [2.24, 2.45) is 5.41 Å². The minimum absolute atomic E-state index is 0.0628. The number of rotatable bonds is 3. The van der Waals surface area contributed by atoms with E-state index in [4.69, 9.17) is 0 Å². The summed E-state index contributed by atoms with van der Waals surface area (Å²) in [6.07, 6.45) is 5.58. The summed E-state index contributed by atoms with van der Waals surface area (Å²) in [5, 5.41) is 12.6. The number of carbonyl (C=O) groups excluding carboxylic acids is 1. The first-order valence-electron chi connectivity index (χ1n) is 7.87. The van der Waals surface area contributed by atoms with Gasteiger partial charge in [-0.15, -0.1) is 0 Å². The lowest BCUT2D eigenvalue weighted by Gasteiger charge is -2.26. The van der Waals surface area contributed by atoms with Crippen LogP contribution in [0.3, 0.4) is 0 Å². The number of nitriles is 1. The molecule has 0 aromatic heterocycles. The van der Waals surface area contributed by atoms with Crippen molar-refractivity contribution in [3.8, 4) is 6.07 Å². The van der Waals surface area contributed by atoms with E-state index in [-0.39, 0.29) is 11.9 Å². The average molecular weight is 284 g/mol. The van der Waals surface area contributed by atoms with Crippen molar-refractivity contribution in [2.75, 3.05) is 0 Å². The van der Waals surface area contributed by atoms with Gasteiger partial charge in [-0.2, -0.15) is 5.26 Å². The van der Waals surface area contributed by atoms with Gasteiger partial charge in [-0.25, -0.2) is 0 Å². The predicted octanol–water partition coefficient (Wildman–Crippen LogP) is 4.04. The Labute approximate surface area is 127 Å². The fourth-order valence-corrected chi connectivity index (χ4v) is 3.21. The summed E-state index contributed by atoms with van der Waals surface area (Å²) in [7, 11) is 0. The Hall–Kier alpha value is -1.82. The van der Waals surface area contributed by atoms with Crippen LogP contribution in [-0.4, -0.2) is 5.91 Å². The van der Waals surface area contributed by atoms with E-state index in [1.807, 2.05) is 38.1 Å². The molecule has 3 heteroatoms. The van der Waals surface area contributed by atoms with Gasteiger partial charge in [0.1, 0.15) is 5.41 Å². The maximum Gasteiger partial charge on any atom is 0.240 e. The van der Waals surface area contributed by atoms with Crippen LogP contribution in [0.4, 0.5) is 0 Å². The van der Waals surface area contributed by atoms with E-state index in [2.05, 4.69) is 11.4 Å².